The molecule has 31 heavy (non-hydrogen) atoms. The molecule has 156 valence electrons. The molecule has 0 fully saturated rings. The average Bonchev–Trinajstić information content (AvgIpc) is 3.26. The molecular weight excluding hydrogens is 418 g/mol. The lowest BCUT2D eigenvalue weighted by Gasteiger charge is -2.20. The van der Waals surface area contributed by atoms with E-state index >= 15 is 0 Å². The van der Waals surface area contributed by atoms with Crippen LogP contribution in [0.4, 0.5) is 11.4 Å². The van der Waals surface area contributed by atoms with Crippen molar-refractivity contribution in [3.63, 3.8) is 0 Å². The zero-order valence-electron chi connectivity index (χ0n) is 16.3. The number of carboxylic acids is 1. The summed E-state index contributed by atoms with van der Waals surface area (Å²) in [5.74, 6) is -0.556. The summed E-state index contributed by atoms with van der Waals surface area (Å²) >= 11 is -2.29. The third-order valence-electron chi connectivity index (χ3n) is 4.56. The molecule has 0 saturated carbocycles. The van der Waals surface area contributed by atoms with Crippen LogP contribution in [-0.4, -0.2) is 30.0 Å². The van der Waals surface area contributed by atoms with Gasteiger partial charge in [-0.1, -0.05) is 23.8 Å². The van der Waals surface area contributed by atoms with Crippen LogP contribution in [-0.2, 0) is 11.3 Å². The van der Waals surface area contributed by atoms with Crippen molar-refractivity contribution in [2.45, 2.75) is 6.92 Å². The van der Waals surface area contributed by atoms with Crippen molar-refractivity contribution in [1.29, 1.82) is 0 Å². The Morgan fingerprint density at radius 3 is 2.16 bits per heavy atom. The standard InChI is InChI=1S/C22H17N3O5S/c1-14-5-11-18(12-6-14)25(31(28)29)19-4-2-3-17(13-19)21-24-23-20(30-21)15-7-9-16(10-8-15)22(26)27/h2-13H,1H3,(H,26,27)(H,28,29). The van der Waals surface area contributed by atoms with Crippen molar-refractivity contribution in [2.75, 3.05) is 4.31 Å². The molecule has 1 aromatic heterocycles. The van der Waals surface area contributed by atoms with Gasteiger partial charge in [0.05, 0.1) is 16.9 Å². The second-order valence-electron chi connectivity index (χ2n) is 6.71. The summed E-state index contributed by atoms with van der Waals surface area (Å²) in [5, 5.41) is 17.1. The zero-order valence-corrected chi connectivity index (χ0v) is 17.1. The van der Waals surface area contributed by atoms with Crippen LogP contribution in [0.1, 0.15) is 15.9 Å². The summed E-state index contributed by atoms with van der Waals surface area (Å²) in [7, 11) is 0. The highest BCUT2D eigenvalue weighted by Gasteiger charge is 2.18. The van der Waals surface area contributed by atoms with Gasteiger partial charge in [0.25, 0.3) is 11.3 Å². The normalized spacial score (nSPS) is 11.8. The van der Waals surface area contributed by atoms with Crippen molar-refractivity contribution < 1.29 is 23.1 Å². The summed E-state index contributed by atoms with van der Waals surface area (Å²) in [4.78, 5) is 11.0. The molecule has 9 heteroatoms. The van der Waals surface area contributed by atoms with Crippen molar-refractivity contribution in [1.82, 2.24) is 10.2 Å². The Morgan fingerprint density at radius 2 is 1.55 bits per heavy atom. The summed E-state index contributed by atoms with van der Waals surface area (Å²) in [6, 6.07) is 20.2. The molecule has 0 aliphatic carbocycles. The van der Waals surface area contributed by atoms with Crippen molar-refractivity contribution in [2.24, 2.45) is 0 Å². The second kappa shape index (κ2) is 8.50. The van der Waals surface area contributed by atoms with Gasteiger partial charge in [0.2, 0.25) is 11.8 Å². The van der Waals surface area contributed by atoms with E-state index in [0.29, 0.717) is 22.5 Å². The first-order chi connectivity index (χ1) is 14.9. The Labute approximate surface area is 180 Å². The largest absolute Gasteiger partial charge is 0.478 e. The maximum absolute atomic E-state index is 12.0. The molecule has 1 heterocycles. The van der Waals surface area contributed by atoms with Gasteiger partial charge in [-0.2, -0.15) is 0 Å². The van der Waals surface area contributed by atoms with Crippen LogP contribution in [0.3, 0.4) is 0 Å². The van der Waals surface area contributed by atoms with E-state index in [2.05, 4.69) is 10.2 Å². The predicted octanol–water partition coefficient (Wildman–Crippen LogP) is 4.69. The number of rotatable bonds is 6. The van der Waals surface area contributed by atoms with Crippen molar-refractivity contribution >= 4 is 28.6 Å². The number of anilines is 2. The van der Waals surface area contributed by atoms with Gasteiger partial charge in [0.15, 0.2) is 0 Å². The first-order valence-corrected chi connectivity index (χ1v) is 10.2. The van der Waals surface area contributed by atoms with Crippen LogP contribution in [0.2, 0.25) is 0 Å². The molecule has 8 nitrogen and oxygen atoms in total. The van der Waals surface area contributed by atoms with Gasteiger partial charge in [-0.3, -0.25) is 4.55 Å². The fourth-order valence-electron chi connectivity index (χ4n) is 2.99. The second-order valence-corrected chi connectivity index (χ2v) is 7.53. The number of carbonyl (C=O) groups is 1. The maximum Gasteiger partial charge on any atom is 0.335 e. The van der Waals surface area contributed by atoms with E-state index in [1.54, 1.807) is 48.5 Å². The molecule has 0 aliphatic heterocycles. The van der Waals surface area contributed by atoms with Gasteiger partial charge >= 0.3 is 5.97 Å². The highest BCUT2D eigenvalue weighted by Crippen LogP contribution is 2.31. The Balaban J connectivity index is 1.66. The fourth-order valence-corrected chi connectivity index (χ4v) is 3.58. The Morgan fingerprint density at radius 1 is 0.903 bits per heavy atom. The molecule has 0 bridgehead atoms. The Kier molecular flexibility index (Phi) is 5.61. The van der Waals surface area contributed by atoms with Crippen LogP contribution < -0.4 is 4.31 Å². The number of hydrogen-bond acceptors (Lipinski definition) is 5. The molecule has 0 spiro atoms. The third-order valence-corrected chi connectivity index (χ3v) is 5.29. The minimum atomic E-state index is -2.29. The van der Waals surface area contributed by atoms with Crippen molar-refractivity contribution in [3.05, 3.63) is 83.9 Å². The van der Waals surface area contributed by atoms with Crippen LogP contribution in [0.25, 0.3) is 22.9 Å². The van der Waals surface area contributed by atoms with Crippen LogP contribution in [0.15, 0.2) is 77.2 Å². The lowest BCUT2D eigenvalue weighted by molar-refractivity contribution is 0.0697. The van der Waals surface area contributed by atoms with Gasteiger partial charge < -0.3 is 9.52 Å². The highest BCUT2D eigenvalue weighted by atomic mass is 32.2. The molecule has 3 aromatic carbocycles. The first-order valence-electron chi connectivity index (χ1n) is 9.18. The van der Waals surface area contributed by atoms with E-state index in [-0.39, 0.29) is 17.3 Å². The summed E-state index contributed by atoms with van der Waals surface area (Å²) in [6.07, 6.45) is 0. The molecule has 0 radical (unpaired) electrons. The van der Waals surface area contributed by atoms with Gasteiger partial charge in [-0.05, 0) is 61.5 Å². The summed E-state index contributed by atoms with van der Waals surface area (Å²) in [6.45, 7) is 1.94. The molecule has 4 aromatic rings. The quantitative estimate of drug-likeness (QED) is 0.422. The van der Waals surface area contributed by atoms with E-state index in [9.17, 15) is 13.6 Å². The minimum Gasteiger partial charge on any atom is -0.478 e. The number of nitrogens with zero attached hydrogens (tertiary/aromatic N) is 3. The van der Waals surface area contributed by atoms with E-state index in [0.717, 1.165) is 5.56 Å². The smallest absolute Gasteiger partial charge is 0.335 e. The van der Waals surface area contributed by atoms with Crippen LogP contribution >= 0.6 is 0 Å². The maximum atomic E-state index is 12.0. The van der Waals surface area contributed by atoms with E-state index < -0.39 is 17.2 Å². The number of carboxylic acid groups (broad SMARTS) is 1. The van der Waals surface area contributed by atoms with Crippen molar-refractivity contribution in [3.8, 4) is 22.9 Å². The van der Waals surface area contributed by atoms with Crippen LogP contribution in [0, 0.1) is 6.92 Å². The lowest BCUT2D eigenvalue weighted by atomic mass is 10.1. The molecule has 0 amide bonds. The molecule has 2 N–H and O–H groups in total. The topological polar surface area (TPSA) is 117 Å². The highest BCUT2D eigenvalue weighted by molar-refractivity contribution is 7.81. The van der Waals surface area contributed by atoms with E-state index in [4.69, 9.17) is 9.52 Å². The third kappa shape index (κ3) is 4.37. The summed E-state index contributed by atoms with van der Waals surface area (Å²) < 4.78 is 28.9. The number of benzene rings is 3. The number of aryl methyl sites for hydroxylation is 1. The Bertz CT molecular complexity index is 1250. The average molecular weight is 435 g/mol. The lowest BCUT2D eigenvalue weighted by Crippen LogP contribution is -2.19. The molecule has 4 rings (SSSR count). The zero-order chi connectivity index (χ0) is 22.0. The molecular formula is C22H17N3O5S. The van der Waals surface area contributed by atoms with Gasteiger partial charge in [-0.15, -0.1) is 10.2 Å². The van der Waals surface area contributed by atoms with E-state index in [1.807, 2.05) is 19.1 Å². The van der Waals surface area contributed by atoms with Crippen LogP contribution in [0.5, 0.6) is 0 Å². The minimum absolute atomic E-state index is 0.157. The molecule has 0 saturated heterocycles. The van der Waals surface area contributed by atoms with E-state index in [1.165, 1.54) is 16.4 Å². The van der Waals surface area contributed by atoms with Gasteiger partial charge in [0, 0.05) is 11.1 Å². The SMILES string of the molecule is Cc1ccc(N(c2cccc(-c3nnc(-c4ccc(C(=O)O)cc4)o3)c2)S(=O)O)cc1. The predicted molar refractivity (Wildman–Crippen MR) is 116 cm³/mol. The molecule has 1 unspecified atom stereocenters. The van der Waals surface area contributed by atoms with Gasteiger partial charge in [0.1, 0.15) is 0 Å². The first kappa shape index (κ1) is 20.5. The fraction of sp³-hybridized carbons (Fsp3) is 0.0455. The number of hydrogen-bond donors (Lipinski definition) is 2. The number of aromatic carboxylic acids is 1. The molecule has 0 aliphatic rings. The molecule has 1 atom stereocenters. The van der Waals surface area contributed by atoms with Gasteiger partial charge in [-0.25, -0.2) is 13.3 Å². The Hall–Kier alpha value is -3.82. The summed E-state index contributed by atoms with van der Waals surface area (Å²) in [5.41, 5.74) is 3.39. The number of aromatic nitrogens is 2. The monoisotopic (exact) mass is 435 g/mol.